The Kier molecular flexibility index (Phi) is 4.80. The highest BCUT2D eigenvalue weighted by molar-refractivity contribution is 7.98. The van der Waals surface area contributed by atoms with Crippen LogP contribution in [0.25, 0.3) is 0 Å². The number of hydrogen-bond acceptors (Lipinski definition) is 2. The molecule has 1 unspecified atom stereocenters. The van der Waals surface area contributed by atoms with Gasteiger partial charge in [0.05, 0.1) is 5.92 Å². The van der Waals surface area contributed by atoms with E-state index in [1.165, 1.54) is 12.1 Å². The van der Waals surface area contributed by atoms with Crippen molar-refractivity contribution in [1.29, 1.82) is 0 Å². The summed E-state index contributed by atoms with van der Waals surface area (Å²) < 4.78 is 12.8. The third kappa shape index (κ3) is 3.85. The van der Waals surface area contributed by atoms with Crippen LogP contribution in [0.1, 0.15) is 18.1 Å². The second-order valence-corrected chi connectivity index (χ2v) is 4.86. The molecule has 16 heavy (non-hydrogen) atoms. The van der Waals surface area contributed by atoms with Gasteiger partial charge in [-0.1, -0.05) is 13.0 Å². The van der Waals surface area contributed by atoms with Gasteiger partial charge in [0.2, 0.25) is 0 Å². The van der Waals surface area contributed by atoms with Crippen molar-refractivity contribution in [2.75, 3.05) is 5.75 Å². The van der Waals surface area contributed by atoms with Crippen molar-refractivity contribution in [2.45, 2.75) is 19.6 Å². The monoisotopic (exact) mass is 242 g/mol. The summed E-state index contributed by atoms with van der Waals surface area (Å²) in [4.78, 5) is 10.6. The first kappa shape index (κ1) is 13.0. The van der Waals surface area contributed by atoms with Gasteiger partial charge in [-0.3, -0.25) is 4.79 Å². The predicted octanol–water partition coefficient (Wildman–Crippen LogP) is 3.09. The van der Waals surface area contributed by atoms with Crippen LogP contribution in [0.5, 0.6) is 0 Å². The molecule has 0 bridgehead atoms. The zero-order valence-electron chi connectivity index (χ0n) is 9.37. The van der Waals surface area contributed by atoms with E-state index in [9.17, 15) is 9.18 Å². The van der Waals surface area contributed by atoms with E-state index in [0.717, 1.165) is 16.9 Å². The van der Waals surface area contributed by atoms with Gasteiger partial charge in [0, 0.05) is 11.5 Å². The molecule has 4 heteroatoms. The van der Waals surface area contributed by atoms with Gasteiger partial charge in [0.1, 0.15) is 5.82 Å². The molecule has 2 nitrogen and oxygen atoms in total. The lowest BCUT2D eigenvalue weighted by Crippen LogP contribution is -2.11. The number of rotatable bonds is 5. The summed E-state index contributed by atoms with van der Waals surface area (Å²) in [6.07, 6.45) is 0. The third-order valence-electron chi connectivity index (χ3n) is 2.35. The summed E-state index contributed by atoms with van der Waals surface area (Å²) in [7, 11) is 0. The molecule has 1 N–H and O–H groups in total. The SMILES string of the molecule is Cc1cc(F)ccc1CSCC(C)C(=O)O. The molecule has 1 aromatic rings. The van der Waals surface area contributed by atoms with E-state index in [2.05, 4.69) is 0 Å². The number of carboxylic acids is 1. The minimum absolute atomic E-state index is 0.231. The number of benzene rings is 1. The lowest BCUT2D eigenvalue weighted by atomic mass is 10.1. The summed E-state index contributed by atoms with van der Waals surface area (Å²) in [6.45, 7) is 3.55. The van der Waals surface area contributed by atoms with Gasteiger partial charge in [0.25, 0.3) is 0 Å². The Hall–Kier alpha value is -1.03. The lowest BCUT2D eigenvalue weighted by molar-refractivity contribution is -0.140. The van der Waals surface area contributed by atoms with E-state index in [-0.39, 0.29) is 11.7 Å². The fourth-order valence-electron chi connectivity index (χ4n) is 1.24. The number of carboxylic acid groups (broad SMARTS) is 1. The van der Waals surface area contributed by atoms with Gasteiger partial charge in [-0.05, 0) is 30.2 Å². The largest absolute Gasteiger partial charge is 0.481 e. The molecule has 0 heterocycles. The summed E-state index contributed by atoms with van der Waals surface area (Å²) in [5.41, 5.74) is 1.97. The number of carbonyl (C=O) groups is 1. The first-order valence-electron chi connectivity index (χ1n) is 5.06. The maximum absolute atomic E-state index is 12.8. The minimum Gasteiger partial charge on any atom is -0.481 e. The highest BCUT2D eigenvalue weighted by atomic mass is 32.2. The van der Waals surface area contributed by atoms with Crippen LogP contribution in [0.2, 0.25) is 0 Å². The molecule has 0 radical (unpaired) electrons. The van der Waals surface area contributed by atoms with Crippen molar-refractivity contribution in [3.8, 4) is 0 Å². The summed E-state index contributed by atoms with van der Waals surface area (Å²) in [6, 6.07) is 4.68. The van der Waals surface area contributed by atoms with E-state index in [0.29, 0.717) is 5.75 Å². The third-order valence-corrected chi connectivity index (χ3v) is 3.60. The Balaban J connectivity index is 2.46. The zero-order valence-corrected chi connectivity index (χ0v) is 10.2. The van der Waals surface area contributed by atoms with Crippen molar-refractivity contribution < 1.29 is 14.3 Å². The Labute approximate surface area is 98.9 Å². The maximum Gasteiger partial charge on any atom is 0.307 e. The van der Waals surface area contributed by atoms with Crippen LogP contribution in [0.3, 0.4) is 0 Å². The molecule has 0 spiro atoms. The molecule has 0 aromatic heterocycles. The number of aliphatic carboxylic acids is 1. The van der Waals surface area contributed by atoms with Crippen molar-refractivity contribution in [2.24, 2.45) is 5.92 Å². The van der Waals surface area contributed by atoms with Crippen LogP contribution in [-0.2, 0) is 10.5 Å². The lowest BCUT2D eigenvalue weighted by Gasteiger charge is -2.08. The molecule has 0 saturated heterocycles. The summed E-state index contributed by atoms with van der Waals surface area (Å²) >= 11 is 1.56. The fraction of sp³-hybridized carbons (Fsp3) is 0.417. The normalized spacial score (nSPS) is 12.4. The molecule has 88 valence electrons. The van der Waals surface area contributed by atoms with Gasteiger partial charge < -0.3 is 5.11 Å². The van der Waals surface area contributed by atoms with E-state index >= 15 is 0 Å². The molecule has 0 aliphatic heterocycles. The maximum atomic E-state index is 12.8. The molecule has 0 aliphatic carbocycles. The van der Waals surface area contributed by atoms with Gasteiger partial charge >= 0.3 is 5.97 Å². The van der Waals surface area contributed by atoms with Crippen molar-refractivity contribution in [3.63, 3.8) is 0 Å². The average molecular weight is 242 g/mol. The van der Waals surface area contributed by atoms with E-state index in [1.807, 2.05) is 6.92 Å². The molecular weight excluding hydrogens is 227 g/mol. The number of thioether (sulfide) groups is 1. The number of halogens is 1. The highest BCUT2D eigenvalue weighted by Gasteiger charge is 2.10. The van der Waals surface area contributed by atoms with Crippen LogP contribution in [0.4, 0.5) is 4.39 Å². The summed E-state index contributed by atoms with van der Waals surface area (Å²) in [5.74, 6) is -0.0465. The van der Waals surface area contributed by atoms with E-state index in [4.69, 9.17) is 5.11 Å². The second-order valence-electron chi connectivity index (χ2n) is 3.83. The second kappa shape index (κ2) is 5.89. The van der Waals surface area contributed by atoms with Crippen LogP contribution < -0.4 is 0 Å². The molecular formula is C12H15FO2S. The average Bonchev–Trinajstić information content (AvgIpc) is 2.20. The van der Waals surface area contributed by atoms with Gasteiger partial charge in [-0.15, -0.1) is 0 Å². The standard InChI is InChI=1S/C12H15FO2S/c1-8-5-11(13)4-3-10(8)7-16-6-9(2)12(14)15/h3-5,9H,6-7H2,1-2H3,(H,14,15). The molecule has 0 aliphatic rings. The van der Waals surface area contributed by atoms with Crippen LogP contribution in [0.15, 0.2) is 18.2 Å². The van der Waals surface area contributed by atoms with E-state index in [1.54, 1.807) is 24.8 Å². The molecule has 1 aromatic carbocycles. The first-order chi connectivity index (χ1) is 7.50. The predicted molar refractivity (Wildman–Crippen MR) is 64.1 cm³/mol. The van der Waals surface area contributed by atoms with Crippen molar-refractivity contribution in [3.05, 3.63) is 35.1 Å². The number of aryl methyl sites for hydroxylation is 1. The van der Waals surface area contributed by atoms with Crippen molar-refractivity contribution >= 4 is 17.7 Å². The summed E-state index contributed by atoms with van der Waals surface area (Å²) in [5, 5.41) is 8.71. The van der Waals surface area contributed by atoms with Gasteiger partial charge in [-0.2, -0.15) is 11.8 Å². The van der Waals surface area contributed by atoms with Crippen LogP contribution in [-0.4, -0.2) is 16.8 Å². The van der Waals surface area contributed by atoms with E-state index < -0.39 is 5.97 Å². The topological polar surface area (TPSA) is 37.3 Å². The zero-order chi connectivity index (χ0) is 12.1. The molecule has 1 rings (SSSR count). The van der Waals surface area contributed by atoms with Crippen molar-refractivity contribution in [1.82, 2.24) is 0 Å². The fourth-order valence-corrected chi connectivity index (χ4v) is 2.40. The first-order valence-corrected chi connectivity index (χ1v) is 6.21. The number of hydrogen-bond donors (Lipinski definition) is 1. The Morgan fingerprint density at radius 3 is 2.81 bits per heavy atom. The molecule has 0 saturated carbocycles. The van der Waals surface area contributed by atoms with Crippen LogP contribution in [0, 0.1) is 18.7 Å². The quantitative estimate of drug-likeness (QED) is 0.862. The minimum atomic E-state index is -0.775. The Bertz CT molecular complexity index is 379. The van der Waals surface area contributed by atoms with Gasteiger partial charge in [0.15, 0.2) is 0 Å². The molecule has 1 atom stereocenters. The molecule has 0 fully saturated rings. The van der Waals surface area contributed by atoms with Crippen LogP contribution >= 0.6 is 11.8 Å². The van der Waals surface area contributed by atoms with Gasteiger partial charge in [-0.25, -0.2) is 4.39 Å². The Morgan fingerprint density at radius 2 is 2.25 bits per heavy atom. The Morgan fingerprint density at radius 1 is 1.56 bits per heavy atom. The highest BCUT2D eigenvalue weighted by Crippen LogP contribution is 2.19. The molecule has 0 amide bonds. The smallest absolute Gasteiger partial charge is 0.307 e.